The number of benzene rings is 1. The smallest absolute Gasteiger partial charge is 0.231 e. The molecule has 110 valence electrons. The van der Waals surface area contributed by atoms with Crippen molar-refractivity contribution in [3.63, 3.8) is 0 Å². The first-order valence-corrected chi connectivity index (χ1v) is 6.61. The third-order valence-electron chi connectivity index (χ3n) is 3.30. The summed E-state index contributed by atoms with van der Waals surface area (Å²) in [7, 11) is 1.40. The second-order valence-electron chi connectivity index (χ2n) is 4.65. The second-order valence-corrected chi connectivity index (χ2v) is 4.65. The fourth-order valence-electron chi connectivity index (χ4n) is 2.26. The van der Waals surface area contributed by atoms with Gasteiger partial charge in [-0.05, 0) is 18.7 Å². The SMILES string of the molecule is CCNC1COCC1C(=O)Nc1ccc(OC)c(F)c1. The maximum Gasteiger partial charge on any atom is 0.231 e. The highest BCUT2D eigenvalue weighted by Gasteiger charge is 2.33. The number of likely N-dealkylation sites (N-methyl/N-ethyl adjacent to an activating group) is 1. The molecule has 1 aliphatic heterocycles. The largest absolute Gasteiger partial charge is 0.494 e. The van der Waals surface area contributed by atoms with Crippen molar-refractivity contribution >= 4 is 11.6 Å². The highest BCUT2D eigenvalue weighted by atomic mass is 19.1. The van der Waals surface area contributed by atoms with Crippen LogP contribution >= 0.6 is 0 Å². The van der Waals surface area contributed by atoms with Gasteiger partial charge >= 0.3 is 0 Å². The number of halogens is 1. The fourth-order valence-corrected chi connectivity index (χ4v) is 2.26. The number of ether oxygens (including phenoxy) is 2. The van der Waals surface area contributed by atoms with E-state index in [0.29, 0.717) is 18.9 Å². The number of nitrogens with one attached hydrogen (secondary N) is 2. The van der Waals surface area contributed by atoms with E-state index in [-0.39, 0.29) is 23.6 Å². The minimum Gasteiger partial charge on any atom is -0.494 e. The zero-order chi connectivity index (χ0) is 14.5. The number of methoxy groups -OCH3 is 1. The molecule has 20 heavy (non-hydrogen) atoms. The van der Waals surface area contributed by atoms with E-state index in [1.807, 2.05) is 6.92 Å². The number of rotatable bonds is 5. The Morgan fingerprint density at radius 1 is 1.50 bits per heavy atom. The van der Waals surface area contributed by atoms with Crippen LogP contribution in [0.4, 0.5) is 10.1 Å². The monoisotopic (exact) mass is 282 g/mol. The van der Waals surface area contributed by atoms with Crippen molar-refractivity contribution in [1.82, 2.24) is 5.32 Å². The van der Waals surface area contributed by atoms with Gasteiger partial charge in [0.1, 0.15) is 0 Å². The number of hydrogen-bond donors (Lipinski definition) is 2. The first-order valence-electron chi connectivity index (χ1n) is 6.61. The molecule has 0 aliphatic carbocycles. The summed E-state index contributed by atoms with van der Waals surface area (Å²) >= 11 is 0. The lowest BCUT2D eigenvalue weighted by atomic mass is 10.0. The molecular weight excluding hydrogens is 263 g/mol. The normalized spacial score (nSPS) is 21.8. The average Bonchev–Trinajstić information content (AvgIpc) is 2.88. The van der Waals surface area contributed by atoms with Crippen LogP contribution in [0.25, 0.3) is 0 Å². The van der Waals surface area contributed by atoms with E-state index in [1.54, 1.807) is 6.07 Å². The van der Waals surface area contributed by atoms with Crippen LogP contribution in [0.2, 0.25) is 0 Å². The van der Waals surface area contributed by atoms with E-state index >= 15 is 0 Å². The van der Waals surface area contributed by atoms with Gasteiger partial charge in [0.05, 0.1) is 26.2 Å². The Morgan fingerprint density at radius 3 is 2.95 bits per heavy atom. The van der Waals surface area contributed by atoms with E-state index in [2.05, 4.69) is 10.6 Å². The van der Waals surface area contributed by atoms with Crippen molar-refractivity contribution < 1.29 is 18.7 Å². The summed E-state index contributed by atoms with van der Waals surface area (Å²) in [4.78, 5) is 12.2. The van der Waals surface area contributed by atoms with Crippen LogP contribution < -0.4 is 15.4 Å². The van der Waals surface area contributed by atoms with E-state index in [1.165, 1.54) is 19.2 Å². The summed E-state index contributed by atoms with van der Waals surface area (Å²) in [5, 5.41) is 5.92. The summed E-state index contributed by atoms with van der Waals surface area (Å²) in [6, 6.07) is 4.34. The molecule has 1 amide bonds. The Labute approximate surface area is 117 Å². The van der Waals surface area contributed by atoms with Gasteiger partial charge in [-0.15, -0.1) is 0 Å². The standard InChI is InChI=1S/C14H19FN2O3/c1-3-16-12-8-20-7-10(12)14(18)17-9-4-5-13(19-2)11(15)6-9/h4-6,10,12,16H,3,7-8H2,1-2H3,(H,17,18). The van der Waals surface area contributed by atoms with Gasteiger partial charge in [0.2, 0.25) is 5.91 Å². The number of hydrogen-bond acceptors (Lipinski definition) is 4. The van der Waals surface area contributed by atoms with Gasteiger partial charge in [-0.25, -0.2) is 4.39 Å². The van der Waals surface area contributed by atoms with Crippen molar-refractivity contribution in [2.75, 3.05) is 32.2 Å². The Kier molecular flexibility index (Phi) is 4.92. The second kappa shape index (κ2) is 6.67. The molecule has 2 unspecified atom stereocenters. The van der Waals surface area contributed by atoms with Gasteiger partial charge in [-0.1, -0.05) is 6.92 Å². The van der Waals surface area contributed by atoms with Gasteiger partial charge in [-0.3, -0.25) is 4.79 Å². The highest BCUT2D eigenvalue weighted by molar-refractivity contribution is 5.93. The molecule has 0 saturated carbocycles. The fraction of sp³-hybridized carbons (Fsp3) is 0.500. The Bertz CT molecular complexity index is 481. The maximum atomic E-state index is 13.6. The van der Waals surface area contributed by atoms with Crippen LogP contribution in [-0.2, 0) is 9.53 Å². The molecule has 0 spiro atoms. The Hall–Kier alpha value is -1.66. The quantitative estimate of drug-likeness (QED) is 0.857. The zero-order valence-electron chi connectivity index (χ0n) is 11.6. The molecule has 0 aromatic heterocycles. The maximum absolute atomic E-state index is 13.6. The number of carbonyl (C=O) groups is 1. The average molecular weight is 282 g/mol. The van der Waals surface area contributed by atoms with Crippen molar-refractivity contribution in [2.45, 2.75) is 13.0 Å². The number of anilines is 1. The van der Waals surface area contributed by atoms with Gasteiger partial charge < -0.3 is 20.1 Å². The van der Waals surface area contributed by atoms with Gasteiger partial charge in [-0.2, -0.15) is 0 Å². The molecule has 1 heterocycles. The van der Waals surface area contributed by atoms with Crippen LogP contribution in [0.5, 0.6) is 5.75 Å². The topological polar surface area (TPSA) is 59.6 Å². The molecule has 1 aliphatic rings. The van der Waals surface area contributed by atoms with Crippen LogP contribution in [0.1, 0.15) is 6.92 Å². The molecule has 2 atom stereocenters. The highest BCUT2D eigenvalue weighted by Crippen LogP contribution is 2.22. The molecule has 0 bridgehead atoms. The molecule has 2 N–H and O–H groups in total. The molecule has 5 nitrogen and oxygen atoms in total. The third kappa shape index (κ3) is 3.26. The van der Waals surface area contributed by atoms with E-state index in [0.717, 1.165) is 6.54 Å². The van der Waals surface area contributed by atoms with Crippen LogP contribution in [0.3, 0.4) is 0 Å². The number of amides is 1. The summed E-state index contributed by atoms with van der Waals surface area (Å²) in [6.07, 6.45) is 0. The first-order chi connectivity index (χ1) is 9.65. The summed E-state index contributed by atoms with van der Waals surface area (Å²) in [6.45, 7) is 3.64. The molecule has 0 radical (unpaired) electrons. The van der Waals surface area contributed by atoms with E-state index < -0.39 is 5.82 Å². The van der Waals surface area contributed by atoms with Crippen LogP contribution in [-0.4, -0.2) is 38.8 Å². The Morgan fingerprint density at radius 2 is 2.30 bits per heavy atom. The van der Waals surface area contributed by atoms with Gasteiger partial charge in [0, 0.05) is 17.8 Å². The molecule has 1 fully saturated rings. The molecule has 6 heteroatoms. The lowest BCUT2D eigenvalue weighted by Crippen LogP contribution is -2.41. The van der Waals surface area contributed by atoms with Crippen LogP contribution in [0, 0.1) is 11.7 Å². The lowest BCUT2D eigenvalue weighted by Gasteiger charge is -2.18. The van der Waals surface area contributed by atoms with Crippen molar-refractivity contribution in [3.8, 4) is 5.75 Å². The van der Waals surface area contributed by atoms with E-state index in [4.69, 9.17) is 9.47 Å². The lowest BCUT2D eigenvalue weighted by molar-refractivity contribution is -0.120. The predicted octanol–water partition coefficient (Wildman–Crippen LogP) is 1.40. The van der Waals surface area contributed by atoms with Crippen LogP contribution in [0.15, 0.2) is 18.2 Å². The first kappa shape index (κ1) is 14.7. The van der Waals surface area contributed by atoms with Crippen molar-refractivity contribution in [3.05, 3.63) is 24.0 Å². The van der Waals surface area contributed by atoms with Gasteiger partial charge in [0.25, 0.3) is 0 Å². The van der Waals surface area contributed by atoms with Crippen molar-refractivity contribution in [1.29, 1.82) is 0 Å². The minimum atomic E-state index is -0.504. The molecule has 1 saturated heterocycles. The molecular formula is C14H19FN2O3. The molecule has 1 aromatic carbocycles. The Balaban J connectivity index is 2.02. The summed E-state index contributed by atoms with van der Waals surface area (Å²) in [5.74, 6) is -0.785. The summed E-state index contributed by atoms with van der Waals surface area (Å²) in [5.41, 5.74) is 0.412. The number of carbonyl (C=O) groups excluding carboxylic acids is 1. The van der Waals surface area contributed by atoms with E-state index in [9.17, 15) is 9.18 Å². The molecule has 2 rings (SSSR count). The minimum absolute atomic E-state index is 0.00287. The van der Waals surface area contributed by atoms with Gasteiger partial charge in [0.15, 0.2) is 11.6 Å². The summed E-state index contributed by atoms with van der Waals surface area (Å²) < 4.78 is 23.7. The zero-order valence-corrected chi connectivity index (χ0v) is 11.6. The third-order valence-corrected chi connectivity index (χ3v) is 3.30. The molecule has 1 aromatic rings. The van der Waals surface area contributed by atoms with Crippen molar-refractivity contribution in [2.24, 2.45) is 5.92 Å². The predicted molar refractivity (Wildman–Crippen MR) is 73.4 cm³/mol.